The van der Waals surface area contributed by atoms with Crippen LogP contribution in [0.2, 0.25) is 0 Å². The summed E-state index contributed by atoms with van der Waals surface area (Å²) in [6, 6.07) is 7.74. The molecule has 1 fully saturated rings. The number of nitrogens with one attached hydrogen (secondary N) is 1. The average molecular weight is 305 g/mol. The number of rotatable bonds is 8. The summed E-state index contributed by atoms with van der Waals surface area (Å²) in [5.74, 6) is 1.31. The predicted octanol–water partition coefficient (Wildman–Crippen LogP) is 3.02. The fourth-order valence-corrected chi connectivity index (χ4v) is 2.31. The minimum absolute atomic E-state index is 0.173. The zero-order chi connectivity index (χ0) is 16.0. The fourth-order valence-electron chi connectivity index (χ4n) is 2.31. The number of nitrogens with zero attached hydrogens (tertiary/aromatic N) is 1. The summed E-state index contributed by atoms with van der Waals surface area (Å²) < 4.78 is 10.8. The van der Waals surface area contributed by atoms with Crippen LogP contribution in [-0.4, -0.2) is 32.3 Å². The molecule has 1 aliphatic rings. The highest BCUT2D eigenvalue weighted by Gasteiger charge is 2.41. The lowest BCUT2D eigenvalue weighted by Gasteiger charge is -2.13. The Kier molecular flexibility index (Phi) is 5.66. The van der Waals surface area contributed by atoms with E-state index in [2.05, 4.69) is 10.3 Å². The summed E-state index contributed by atoms with van der Waals surface area (Å²) in [6.45, 7) is 5.58. The molecule has 0 spiro atoms. The first-order valence-corrected chi connectivity index (χ1v) is 7.86. The van der Waals surface area contributed by atoms with E-state index in [0.29, 0.717) is 11.4 Å². The lowest BCUT2D eigenvalue weighted by Crippen LogP contribution is -2.24. The Morgan fingerprint density at radius 2 is 2.00 bits per heavy atom. The molecule has 22 heavy (non-hydrogen) atoms. The number of guanidine groups is 1. The number of aliphatic imine (C=N–C) groups is 1. The van der Waals surface area contributed by atoms with E-state index in [1.54, 1.807) is 7.11 Å². The summed E-state index contributed by atoms with van der Waals surface area (Å²) in [6.07, 6.45) is 3.66. The van der Waals surface area contributed by atoms with Crippen LogP contribution in [0.25, 0.3) is 0 Å². The van der Waals surface area contributed by atoms with Gasteiger partial charge in [-0.3, -0.25) is 4.99 Å². The minimum Gasteiger partial charge on any atom is -0.491 e. The van der Waals surface area contributed by atoms with E-state index in [4.69, 9.17) is 15.2 Å². The van der Waals surface area contributed by atoms with Gasteiger partial charge in [0.05, 0.1) is 6.10 Å². The van der Waals surface area contributed by atoms with Crippen molar-refractivity contribution in [3.05, 3.63) is 24.3 Å². The number of ether oxygens (including phenoxy) is 2. The van der Waals surface area contributed by atoms with E-state index in [9.17, 15) is 0 Å². The van der Waals surface area contributed by atoms with Crippen molar-refractivity contribution in [3.63, 3.8) is 0 Å². The highest BCUT2D eigenvalue weighted by molar-refractivity contribution is 5.92. The third-order valence-electron chi connectivity index (χ3n) is 3.88. The topological polar surface area (TPSA) is 68.9 Å². The predicted molar refractivity (Wildman–Crippen MR) is 90.5 cm³/mol. The van der Waals surface area contributed by atoms with E-state index in [-0.39, 0.29) is 6.10 Å². The maximum atomic E-state index is 5.96. The van der Waals surface area contributed by atoms with Crippen molar-refractivity contribution in [3.8, 4) is 5.75 Å². The number of hydrogen-bond acceptors (Lipinski definition) is 3. The van der Waals surface area contributed by atoms with Crippen LogP contribution in [0.1, 0.15) is 33.1 Å². The molecule has 0 amide bonds. The molecule has 0 unspecified atom stereocenters. The molecule has 2 rings (SSSR count). The molecule has 1 aromatic carbocycles. The van der Waals surface area contributed by atoms with E-state index < -0.39 is 0 Å². The normalized spacial score (nSPS) is 16.6. The largest absolute Gasteiger partial charge is 0.491 e. The van der Waals surface area contributed by atoms with Gasteiger partial charge in [-0.15, -0.1) is 0 Å². The molecular formula is C17H27N3O2. The molecule has 0 bridgehead atoms. The molecule has 1 aromatic rings. The molecule has 5 nitrogen and oxygen atoms in total. The lowest BCUT2D eigenvalue weighted by atomic mass is 10.0. The molecule has 0 heterocycles. The number of hydrogen-bond donors (Lipinski definition) is 2. The molecule has 3 N–H and O–H groups in total. The maximum absolute atomic E-state index is 5.96. The van der Waals surface area contributed by atoms with E-state index in [1.807, 2.05) is 38.1 Å². The Labute approximate surface area is 132 Å². The minimum atomic E-state index is 0.173. The zero-order valence-electron chi connectivity index (χ0n) is 13.8. The van der Waals surface area contributed by atoms with Crippen molar-refractivity contribution in [2.75, 3.05) is 25.6 Å². The molecule has 1 saturated carbocycles. The maximum Gasteiger partial charge on any atom is 0.193 e. The molecule has 1 aliphatic carbocycles. The van der Waals surface area contributed by atoms with Gasteiger partial charge in [-0.05, 0) is 62.8 Å². The molecule has 0 saturated heterocycles. The van der Waals surface area contributed by atoms with Gasteiger partial charge in [-0.2, -0.15) is 0 Å². The summed E-state index contributed by atoms with van der Waals surface area (Å²) in [4.78, 5) is 4.47. The number of benzene rings is 1. The lowest BCUT2D eigenvalue weighted by molar-refractivity contribution is 0.174. The van der Waals surface area contributed by atoms with Gasteiger partial charge in [-0.25, -0.2) is 0 Å². The SMILES string of the molecule is COCCC1(CN=C(N)Nc2ccc(OC(C)C)cc2)CC1. The van der Waals surface area contributed by atoms with Gasteiger partial charge in [0.15, 0.2) is 5.96 Å². The number of methoxy groups -OCH3 is 1. The van der Waals surface area contributed by atoms with Crippen LogP contribution >= 0.6 is 0 Å². The molecular weight excluding hydrogens is 278 g/mol. The second-order valence-corrected chi connectivity index (χ2v) is 6.26. The van der Waals surface area contributed by atoms with E-state index >= 15 is 0 Å². The van der Waals surface area contributed by atoms with Gasteiger partial charge in [0.1, 0.15) is 5.75 Å². The molecule has 122 valence electrons. The van der Waals surface area contributed by atoms with Crippen LogP contribution in [-0.2, 0) is 4.74 Å². The Morgan fingerprint density at radius 3 is 2.55 bits per heavy atom. The fraction of sp³-hybridized carbons (Fsp3) is 0.588. The van der Waals surface area contributed by atoms with Crippen LogP contribution in [0.15, 0.2) is 29.3 Å². The summed E-state index contributed by atoms with van der Waals surface area (Å²) >= 11 is 0. The first-order valence-electron chi connectivity index (χ1n) is 7.86. The van der Waals surface area contributed by atoms with Crippen molar-refractivity contribution in [2.24, 2.45) is 16.1 Å². The van der Waals surface area contributed by atoms with Gasteiger partial charge in [0.25, 0.3) is 0 Å². The van der Waals surface area contributed by atoms with Gasteiger partial charge >= 0.3 is 0 Å². The van der Waals surface area contributed by atoms with Gasteiger partial charge in [0.2, 0.25) is 0 Å². The molecule has 0 atom stereocenters. The zero-order valence-corrected chi connectivity index (χ0v) is 13.8. The smallest absolute Gasteiger partial charge is 0.193 e. The van der Waals surface area contributed by atoms with Gasteiger partial charge in [-0.1, -0.05) is 0 Å². The van der Waals surface area contributed by atoms with Crippen molar-refractivity contribution in [1.82, 2.24) is 0 Å². The molecule has 0 radical (unpaired) electrons. The average Bonchev–Trinajstić information content (AvgIpc) is 3.25. The standard InChI is InChI=1S/C17H27N3O2/c1-13(2)22-15-6-4-14(5-7-15)20-16(18)19-12-17(8-9-17)10-11-21-3/h4-7,13H,8-12H2,1-3H3,(H3,18,19,20). The summed E-state index contributed by atoms with van der Waals surface area (Å²) in [5, 5.41) is 3.12. The highest BCUT2D eigenvalue weighted by atomic mass is 16.5. The highest BCUT2D eigenvalue weighted by Crippen LogP contribution is 2.48. The third-order valence-corrected chi connectivity index (χ3v) is 3.88. The second-order valence-electron chi connectivity index (χ2n) is 6.26. The Bertz CT molecular complexity index is 493. The molecule has 0 aromatic heterocycles. The first-order chi connectivity index (χ1) is 10.5. The Hall–Kier alpha value is -1.75. The van der Waals surface area contributed by atoms with E-state index in [0.717, 1.165) is 31.0 Å². The number of nitrogens with two attached hydrogens (primary N) is 1. The van der Waals surface area contributed by atoms with Gasteiger partial charge in [0, 0.05) is 25.9 Å². The van der Waals surface area contributed by atoms with Crippen LogP contribution in [0.4, 0.5) is 5.69 Å². The van der Waals surface area contributed by atoms with Crippen LogP contribution in [0.3, 0.4) is 0 Å². The van der Waals surface area contributed by atoms with Crippen LogP contribution < -0.4 is 15.8 Å². The number of anilines is 1. The second kappa shape index (κ2) is 7.49. The van der Waals surface area contributed by atoms with Crippen molar-refractivity contribution >= 4 is 11.6 Å². The molecule has 0 aliphatic heterocycles. The van der Waals surface area contributed by atoms with Crippen LogP contribution in [0.5, 0.6) is 5.75 Å². The third kappa shape index (κ3) is 5.22. The Morgan fingerprint density at radius 1 is 1.32 bits per heavy atom. The Balaban J connectivity index is 1.83. The quantitative estimate of drug-likeness (QED) is 0.572. The van der Waals surface area contributed by atoms with E-state index in [1.165, 1.54) is 12.8 Å². The summed E-state index contributed by atoms with van der Waals surface area (Å²) in [5.41, 5.74) is 7.20. The van der Waals surface area contributed by atoms with Crippen molar-refractivity contribution in [1.29, 1.82) is 0 Å². The van der Waals surface area contributed by atoms with Crippen molar-refractivity contribution < 1.29 is 9.47 Å². The summed E-state index contributed by atoms with van der Waals surface area (Å²) in [7, 11) is 1.74. The van der Waals surface area contributed by atoms with Gasteiger partial charge < -0.3 is 20.5 Å². The van der Waals surface area contributed by atoms with Crippen molar-refractivity contribution in [2.45, 2.75) is 39.2 Å². The van der Waals surface area contributed by atoms with Crippen LogP contribution in [0, 0.1) is 5.41 Å². The monoisotopic (exact) mass is 305 g/mol. The molecule has 5 heteroatoms. The first kappa shape index (κ1) is 16.6.